The number of rotatable bonds is 4. The smallest absolute Gasteiger partial charge is 0.126 e. The summed E-state index contributed by atoms with van der Waals surface area (Å²) in [4.78, 5) is 6.73. The lowest BCUT2D eigenvalue weighted by molar-refractivity contribution is 0.140. The van der Waals surface area contributed by atoms with E-state index in [1.807, 2.05) is 6.20 Å². The third-order valence-electron chi connectivity index (χ3n) is 2.90. The van der Waals surface area contributed by atoms with Crippen molar-refractivity contribution in [2.24, 2.45) is 0 Å². The lowest BCUT2D eigenvalue weighted by atomic mass is 10.2. The average Bonchev–Trinajstić information content (AvgIpc) is 2.59. The maximum absolute atomic E-state index is 5.46. The van der Waals surface area contributed by atoms with Crippen molar-refractivity contribution in [1.82, 2.24) is 9.88 Å². The summed E-state index contributed by atoms with van der Waals surface area (Å²) in [7, 11) is 0. The quantitative estimate of drug-likeness (QED) is 0.862. The fourth-order valence-electron chi connectivity index (χ4n) is 2.06. The van der Waals surface area contributed by atoms with Gasteiger partial charge in [-0.2, -0.15) is 0 Å². The van der Waals surface area contributed by atoms with Gasteiger partial charge in [0.2, 0.25) is 0 Å². The average molecular weight is 235 g/mol. The van der Waals surface area contributed by atoms with Gasteiger partial charge in [0.1, 0.15) is 5.82 Å². The van der Waals surface area contributed by atoms with E-state index in [0.29, 0.717) is 0 Å². The minimum atomic E-state index is 0.852. The molecule has 1 saturated heterocycles. The highest BCUT2D eigenvalue weighted by molar-refractivity contribution is 5.37. The number of hydrogen-bond acceptors (Lipinski definition) is 4. The number of aromatic nitrogens is 1. The standard InChI is InChI=1S/C13H21N3O/c1-2-14-13-10-12(4-5-15-13)11-16-6-3-8-17-9-7-16/h4-5,10H,2-3,6-9,11H2,1H3,(H,14,15). The molecule has 1 aromatic rings. The molecule has 2 rings (SSSR count). The molecule has 1 aliphatic heterocycles. The molecule has 17 heavy (non-hydrogen) atoms. The molecule has 4 heteroatoms. The van der Waals surface area contributed by atoms with Crippen LogP contribution in [0.15, 0.2) is 18.3 Å². The molecule has 0 atom stereocenters. The van der Waals surface area contributed by atoms with Crippen molar-refractivity contribution in [3.8, 4) is 0 Å². The molecule has 1 fully saturated rings. The molecule has 4 nitrogen and oxygen atoms in total. The zero-order chi connectivity index (χ0) is 11.9. The summed E-state index contributed by atoms with van der Waals surface area (Å²) in [5, 5.41) is 3.24. The summed E-state index contributed by atoms with van der Waals surface area (Å²) in [6, 6.07) is 4.22. The minimum absolute atomic E-state index is 0.852. The van der Waals surface area contributed by atoms with E-state index in [-0.39, 0.29) is 0 Å². The first kappa shape index (κ1) is 12.3. The highest BCUT2D eigenvalue weighted by Crippen LogP contribution is 2.11. The molecule has 1 aliphatic rings. The summed E-state index contributed by atoms with van der Waals surface area (Å²) in [5.74, 6) is 0.969. The maximum Gasteiger partial charge on any atom is 0.126 e. The zero-order valence-electron chi connectivity index (χ0n) is 10.5. The molecule has 0 aromatic carbocycles. The van der Waals surface area contributed by atoms with Gasteiger partial charge in [-0.1, -0.05) is 0 Å². The molecule has 0 bridgehead atoms. The Bertz CT molecular complexity index is 335. The first-order valence-corrected chi connectivity index (χ1v) is 6.37. The molecule has 1 aromatic heterocycles. The van der Waals surface area contributed by atoms with E-state index in [0.717, 1.165) is 51.6 Å². The molecule has 94 valence electrons. The van der Waals surface area contributed by atoms with Gasteiger partial charge in [0.15, 0.2) is 0 Å². The summed E-state index contributed by atoms with van der Waals surface area (Å²) in [5.41, 5.74) is 1.32. The van der Waals surface area contributed by atoms with Crippen LogP contribution in [0.2, 0.25) is 0 Å². The Labute approximate surface area is 103 Å². The van der Waals surface area contributed by atoms with E-state index in [1.165, 1.54) is 5.56 Å². The molecule has 0 unspecified atom stereocenters. The normalized spacial score (nSPS) is 17.7. The van der Waals surface area contributed by atoms with Gasteiger partial charge in [-0.15, -0.1) is 0 Å². The van der Waals surface area contributed by atoms with Gasteiger partial charge in [0.25, 0.3) is 0 Å². The van der Waals surface area contributed by atoms with E-state index in [4.69, 9.17) is 4.74 Å². The van der Waals surface area contributed by atoms with E-state index in [9.17, 15) is 0 Å². The monoisotopic (exact) mass is 235 g/mol. The fraction of sp³-hybridized carbons (Fsp3) is 0.615. The SMILES string of the molecule is CCNc1cc(CN2CCCOCC2)ccn1. The van der Waals surface area contributed by atoms with Crippen molar-refractivity contribution >= 4 is 5.82 Å². The van der Waals surface area contributed by atoms with Crippen molar-refractivity contribution in [3.05, 3.63) is 23.9 Å². The van der Waals surface area contributed by atoms with Crippen LogP contribution in [0.5, 0.6) is 0 Å². The van der Waals surface area contributed by atoms with Gasteiger partial charge < -0.3 is 10.1 Å². The molecule has 0 saturated carbocycles. The zero-order valence-corrected chi connectivity index (χ0v) is 10.5. The van der Waals surface area contributed by atoms with Gasteiger partial charge in [-0.25, -0.2) is 4.98 Å². The van der Waals surface area contributed by atoms with Gasteiger partial charge in [0, 0.05) is 39.0 Å². The molecule has 0 aliphatic carbocycles. The highest BCUT2D eigenvalue weighted by atomic mass is 16.5. The largest absolute Gasteiger partial charge is 0.380 e. The molecular weight excluding hydrogens is 214 g/mol. The summed E-state index contributed by atoms with van der Waals surface area (Å²) >= 11 is 0. The Morgan fingerprint density at radius 3 is 3.24 bits per heavy atom. The van der Waals surface area contributed by atoms with Gasteiger partial charge in [-0.3, -0.25) is 4.90 Å². The third kappa shape index (κ3) is 3.98. The van der Waals surface area contributed by atoms with Gasteiger partial charge >= 0.3 is 0 Å². The third-order valence-corrected chi connectivity index (χ3v) is 2.90. The second kappa shape index (κ2) is 6.57. The Morgan fingerprint density at radius 2 is 2.35 bits per heavy atom. The predicted molar refractivity (Wildman–Crippen MR) is 69.1 cm³/mol. The number of nitrogens with zero attached hydrogens (tertiary/aromatic N) is 2. The Balaban J connectivity index is 1.94. The van der Waals surface area contributed by atoms with Crippen molar-refractivity contribution in [2.75, 3.05) is 38.2 Å². The van der Waals surface area contributed by atoms with Crippen LogP contribution in [0.4, 0.5) is 5.82 Å². The van der Waals surface area contributed by atoms with Gasteiger partial charge in [-0.05, 0) is 31.0 Å². The van der Waals surface area contributed by atoms with Crippen molar-refractivity contribution in [3.63, 3.8) is 0 Å². The van der Waals surface area contributed by atoms with Crippen LogP contribution in [0.1, 0.15) is 18.9 Å². The summed E-state index contributed by atoms with van der Waals surface area (Å²) in [6.45, 7) is 7.89. The second-order valence-corrected chi connectivity index (χ2v) is 4.32. The van der Waals surface area contributed by atoms with Crippen LogP contribution in [-0.2, 0) is 11.3 Å². The van der Waals surface area contributed by atoms with Crippen LogP contribution in [0, 0.1) is 0 Å². The van der Waals surface area contributed by atoms with Crippen molar-refractivity contribution in [2.45, 2.75) is 19.9 Å². The van der Waals surface area contributed by atoms with E-state index >= 15 is 0 Å². The van der Waals surface area contributed by atoms with Crippen LogP contribution < -0.4 is 5.32 Å². The van der Waals surface area contributed by atoms with Crippen LogP contribution in [0.3, 0.4) is 0 Å². The lowest BCUT2D eigenvalue weighted by Crippen LogP contribution is -2.25. The second-order valence-electron chi connectivity index (χ2n) is 4.32. The van der Waals surface area contributed by atoms with Crippen LogP contribution >= 0.6 is 0 Å². The van der Waals surface area contributed by atoms with E-state index in [1.54, 1.807) is 0 Å². The van der Waals surface area contributed by atoms with Crippen molar-refractivity contribution in [1.29, 1.82) is 0 Å². The van der Waals surface area contributed by atoms with Gasteiger partial charge in [0.05, 0.1) is 6.61 Å². The molecule has 0 spiro atoms. The lowest BCUT2D eigenvalue weighted by Gasteiger charge is -2.19. The predicted octanol–water partition coefficient (Wildman–Crippen LogP) is 1.74. The van der Waals surface area contributed by atoms with E-state index < -0.39 is 0 Å². The topological polar surface area (TPSA) is 37.4 Å². The molecule has 0 amide bonds. The Morgan fingerprint density at radius 1 is 1.41 bits per heavy atom. The minimum Gasteiger partial charge on any atom is -0.380 e. The number of nitrogens with one attached hydrogen (secondary N) is 1. The van der Waals surface area contributed by atoms with Crippen LogP contribution in [-0.4, -0.2) is 42.7 Å². The number of pyridine rings is 1. The highest BCUT2D eigenvalue weighted by Gasteiger charge is 2.09. The van der Waals surface area contributed by atoms with E-state index in [2.05, 4.69) is 34.3 Å². The summed E-state index contributed by atoms with van der Waals surface area (Å²) in [6.07, 6.45) is 3.01. The first-order chi connectivity index (χ1) is 8.38. The van der Waals surface area contributed by atoms with Crippen LogP contribution in [0.25, 0.3) is 0 Å². The Kier molecular flexibility index (Phi) is 4.76. The Hall–Kier alpha value is -1.13. The van der Waals surface area contributed by atoms with Crippen molar-refractivity contribution < 1.29 is 4.74 Å². The fourth-order valence-corrected chi connectivity index (χ4v) is 2.06. The first-order valence-electron chi connectivity index (χ1n) is 6.37. The number of ether oxygens (including phenoxy) is 1. The molecular formula is C13H21N3O. The molecule has 0 radical (unpaired) electrons. The number of hydrogen-bond donors (Lipinski definition) is 1. The maximum atomic E-state index is 5.46. The molecule has 2 heterocycles. The molecule has 1 N–H and O–H groups in total. The summed E-state index contributed by atoms with van der Waals surface area (Å²) < 4.78 is 5.46. The number of anilines is 1.